The molecule has 0 radical (unpaired) electrons. The lowest BCUT2D eigenvalue weighted by Gasteiger charge is -2.42. The molecule has 2 aliphatic carbocycles. The molecule has 20 heavy (non-hydrogen) atoms. The van der Waals surface area contributed by atoms with E-state index >= 15 is 0 Å². The molecule has 1 heterocycles. The molecule has 4 heteroatoms. The highest BCUT2D eigenvalue weighted by Crippen LogP contribution is 2.46. The normalized spacial score (nSPS) is 29.4. The molecule has 1 saturated heterocycles. The number of carboxylic acid groups (broad SMARTS) is 1. The summed E-state index contributed by atoms with van der Waals surface area (Å²) in [6.07, 6.45) is 10.4. The van der Waals surface area contributed by atoms with E-state index in [0.29, 0.717) is 18.0 Å². The summed E-state index contributed by atoms with van der Waals surface area (Å²) in [7, 11) is 0. The molecular formula is C16H28N2O2. The van der Waals surface area contributed by atoms with E-state index in [0.717, 1.165) is 25.9 Å². The molecule has 1 spiro atoms. The number of likely N-dealkylation sites (tertiary alicyclic amines) is 1. The molecule has 0 aromatic heterocycles. The SMILES string of the molecule is CC(CN1CCC2(CCCC2)CC1)(NC1CC1)C(=O)O. The Hall–Kier alpha value is -0.610. The number of hydrogen-bond donors (Lipinski definition) is 2. The maximum Gasteiger partial charge on any atom is 0.324 e. The van der Waals surface area contributed by atoms with Gasteiger partial charge in [0.05, 0.1) is 0 Å². The van der Waals surface area contributed by atoms with Crippen molar-refractivity contribution in [2.75, 3.05) is 19.6 Å². The molecule has 0 bridgehead atoms. The fraction of sp³-hybridized carbons (Fsp3) is 0.938. The average Bonchev–Trinajstić information content (AvgIpc) is 3.10. The van der Waals surface area contributed by atoms with Crippen molar-refractivity contribution in [2.24, 2.45) is 5.41 Å². The standard InChI is InChI=1S/C16H28N2O2/c1-15(14(19)20,17-13-4-5-13)12-18-10-8-16(9-11-18)6-2-3-7-16/h13,17H,2-12H2,1H3,(H,19,20). The highest BCUT2D eigenvalue weighted by Gasteiger charge is 2.42. The van der Waals surface area contributed by atoms with E-state index < -0.39 is 11.5 Å². The first kappa shape index (κ1) is 14.3. The Kier molecular flexibility index (Phi) is 3.80. The second-order valence-electron chi connectivity index (χ2n) is 7.54. The van der Waals surface area contributed by atoms with E-state index in [2.05, 4.69) is 10.2 Å². The van der Waals surface area contributed by atoms with Crippen molar-refractivity contribution in [1.82, 2.24) is 10.2 Å². The molecule has 114 valence electrons. The quantitative estimate of drug-likeness (QED) is 0.811. The Morgan fingerprint density at radius 1 is 1.25 bits per heavy atom. The van der Waals surface area contributed by atoms with Gasteiger partial charge in [-0.15, -0.1) is 0 Å². The van der Waals surface area contributed by atoms with Crippen LogP contribution >= 0.6 is 0 Å². The second kappa shape index (κ2) is 5.30. The molecule has 3 fully saturated rings. The lowest BCUT2D eigenvalue weighted by atomic mass is 9.77. The molecule has 1 aliphatic heterocycles. The largest absolute Gasteiger partial charge is 0.480 e. The van der Waals surface area contributed by atoms with Crippen LogP contribution in [-0.2, 0) is 4.79 Å². The highest BCUT2D eigenvalue weighted by atomic mass is 16.4. The van der Waals surface area contributed by atoms with Gasteiger partial charge in [0, 0.05) is 12.6 Å². The first-order valence-corrected chi connectivity index (χ1v) is 8.25. The van der Waals surface area contributed by atoms with Crippen LogP contribution in [0.1, 0.15) is 58.3 Å². The summed E-state index contributed by atoms with van der Waals surface area (Å²) in [5.74, 6) is -0.703. The molecule has 1 atom stereocenters. The Morgan fingerprint density at radius 2 is 1.85 bits per heavy atom. The van der Waals surface area contributed by atoms with Crippen LogP contribution in [0.5, 0.6) is 0 Å². The molecule has 2 saturated carbocycles. The van der Waals surface area contributed by atoms with E-state index in [1.54, 1.807) is 0 Å². The average molecular weight is 280 g/mol. The minimum absolute atomic E-state index is 0.432. The zero-order valence-corrected chi connectivity index (χ0v) is 12.7. The van der Waals surface area contributed by atoms with Gasteiger partial charge in [0.2, 0.25) is 0 Å². The molecule has 1 unspecified atom stereocenters. The van der Waals surface area contributed by atoms with Gasteiger partial charge in [0.1, 0.15) is 5.54 Å². The number of piperidine rings is 1. The summed E-state index contributed by atoms with van der Waals surface area (Å²) in [6.45, 7) is 4.66. The van der Waals surface area contributed by atoms with Crippen molar-refractivity contribution in [2.45, 2.75) is 69.9 Å². The van der Waals surface area contributed by atoms with Gasteiger partial charge in [-0.05, 0) is 64.0 Å². The third kappa shape index (κ3) is 3.01. The number of nitrogens with zero attached hydrogens (tertiary/aromatic N) is 1. The summed E-state index contributed by atoms with van der Waals surface area (Å²) in [6, 6.07) is 0.432. The van der Waals surface area contributed by atoms with Gasteiger partial charge in [-0.3, -0.25) is 10.1 Å². The molecule has 0 amide bonds. The zero-order valence-electron chi connectivity index (χ0n) is 12.7. The molecule has 3 aliphatic rings. The van der Waals surface area contributed by atoms with Crippen molar-refractivity contribution < 1.29 is 9.90 Å². The van der Waals surface area contributed by atoms with Gasteiger partial charge in [0.25, 0.3) is 0 Å². The smallest absolute Gasteiger partial charge is 0.324 e. The zero-order chi connectivity index (χ0) is 14.2. The number of hydrogen-bond acceptors (Lipinski definition) is 3. The molecule has 0 aromatic carbocycles. The predicted molar refractivity (Wildman–Crippen MR) is 78.8 cm³/mol. The van der Waals surface area contributed by atoms with Crippen LogP contribution in [0, 0.1) is 5.41 Å². The van der Waals surface area contributed by atoms with Crippen molar-refractivity contribution in [3.63, 3.8) is 0 Å². The maximum atomic E-state index is 11.6. The molecule has 4 nitrogen and oxygen atoms in total. The van der Waals surface area contributed by atoms with Gasteiger partial charge < -0.3 is 10.0 Å². The van der Waals surface area contributed by atoms with Gasteiger partial charge in [0.15, 0.2) is 0 Å². The van der Waals surface area contributed by atoms with Crippen molar-refractivity contribution in [3.05, 3.63) is 0 Å². The third-order valence-electron chi connectivity index (χ3n) is 5.69. The van der Waals surface area contributed by atoms with Crippen LogP contribution in [0.15, 0.2) is 0 Å². The first-order chi connectivity index (χ1) is 9.51. The number of aliphatic carboxylic acids is 1. The molecule has 2 N–H and O–H groups in total. The van der Waals surface area contributed by atoms with Gasteiger partial charge in [-0.25, -0.2) is 0 Å². The summed E-state index contributed by atoms with van der Waals surface area (Å²) in [4.78, 5) is 14.0. The number of carbonyl (C=O) groups is 1. The predicted octanol–water partition coefficient (Wildman–Crippen LogP) is 2.24. The van der Waals surface area contributed by atoms with E-state index in [-0.39, 0.29) is 0 Å². The van der Waals surface area contributed by atoms with Crippen LogP contribution in [0.4, 0.5) is 0 Å². The Balaban J connectivity index is 1.55. The maximum absolute atomic E-state index is 11.6. The van der Waals surface area contributed by atoms with Gasteiger partial charge >= 0.3 is 5.97 Å². The van der Waals surface area contributed by atoms with Crippen LogP contribution in [0.2, 0.25) is 0 Å². The van der Waals surface area contributed by atoms with Crippen LogP contribution < -0.4 is 5.32 Å². The summed E-state index contributed by atoms with van der Waals surface area (Å²) in [5, 5.41) is 12.9. The van der Waals surface area contributed by atoms with Gasteiger partial charge in [-0.2, -0.15) is 0 Å². The van der Waals surface area contributed by atoms with Crippen molar-refractivity contribution in [1.29, 1.82) is 0 Å². The minimum Gasteiger partial charge on any atom is -0.480 e. The van der Waals surface area contributed by atoms with E-state index in [9.17, 15) is 9.90 Å². The van der Waals surface area contributed by atoms with Crippen molar-refractivity contribution >= 4 is 5.97 Å². The molecule has 3 rings (SSSR count). The fourth-order valence-corrected chi connectivity index (χ4v) is 4.11. The van der Waals surface area contributed by atoms with E-state index in [4.69, 9.17) is 0 Å². The number of nitrogens with one attached hydrogen (secondary N) is 1. The summed E-state index contributed by atoms with van der Waals surface area (Å²) < 4.78 is 0. The second-order valence-corrected chi connectivity index (χ2v) is 7.54. The lowest BCUT2D eigenvalue weighted by Crippen LogP contribution is -2.59. The van der Waals surface area contributed by atoms with E-state index in [1.165, 1.54) is 38.5 Å². The number of carboxylic acids is 1. The fourth-order valence-electron chi connectivity index (χ4n) is 4.11. The Bertz CT molecular complexity index is 365. The van der Waals surface area contributed by atoms with Crippen LogP contribution in [-0.4, -0.2) is 47.2 Å². The van der Waals surface area contributed by atoms with Crippen LogP contribution in [0.3, 0.4) is 0 Å². The Morgan fingerprint density at radius 3 is 2.35 bits per heavy atom. The molecule has 0 aromatic rings. The Labute approximate surface area is 121 Å². The van der Waals surface area contributed by atoms with E-state index in [1.807, 2.05) is 6.92 Å². The third-order valence-corrected chi connectivity index (χ3v) is 5.69. The van der Waals surface area contributed by atoms with Crippen LogP contribution in [0.25, 0.3) is 0 Å². The lowest BCUT2D eigenvalue weighted by molar-refractivity contribution is -0.145. The summed E-state index contributed by atoms with van der Waals surface area (Å²) in [5.41, 5.74) is -0.165. The minimum atomic E-state index is -0.776. The monoisotopic (exact) mass is 280 g/mol. The first-order valence-electron chi connectivity index (χ1n) is 8.25. The van der Waals surface area contributed by atoms with Gasteiger partial charge in [-0.1, -0.05) is 12.8 Å². The number of rotatable bonds is 5. The highest BCUT2D eigenvalue weighted by molar-refractivity contribution is 5.78. The van der Waals surface area contributed by atoms with Crippen molar-refractivity contribution in [3.8, 4) is 0 Å². The summed E-state index contributed by atoms with van der Waals surface area (Å²) >= 11 is 0. The molecular weight excluding hydrogens is 252 g/mol. The topological polar surface area (TPSA) is 52.6 Å².